The second kappa shape index (κ2) is 9.32. The number of thioether (sulfide) groups is 1. The SMILES string of the molecule is Cc1ccnc(-n2c(SCC(=O)N(C)Cc3ccc(F)cc3)nc3ccccc3c2=O)c1. The van der Waals surface area contributed by atoms with Crippen LogP contribution in [0.25, 0.3) is 16.7 Å². The smallest absolute Gasteiger partial charge is 0.267 e. The molecule has 0 fully saturated rings. The molecule has 0 saturated heterocycles. The molecule has 162 valence electrons. The van der Waals surface area contributed by atoms with E-state index in [2.05, 4.69) is 9.97 Å². The van der Waals surface area contributed by atoms with E-state index in [0.29, 0.717) is 28.4 Å². The summed E-state index contributed by atoms with van der Waals surface area (Å²) in [6, 6.07) is 16.8. The number of rotatable bonds is 6. The molecule has 0 aliphatic rings. The monoisotopic (exact) mass is 448 g/mol. The molecule has 6 nitrogen and oxygen atoms in total. The van der Waals surface area contributed by atoms with Crippen molar-refractivity contribution in [1.82, 2.24) is 19.4 Å². The average molecular weight is 449 g/mol. The average Bonchev–Trinajstić information content (AvgIpc) is 2.79. The van der Waals surface area contributed by atoms with Gasteiger partial charge in [-0.15, -0.1) is 0 Å². The predicted octanol–water partition coefficient (Wildman–Crippen LogP) is 3.98. The quantitative estimate of drug-likeness (QED) is 0.330. The lowest BCUT2D eigenvalue weighted by Crippen LogP contribution is -2.28. The molecule has 0 unspecified atom stereocenters. The number of pyridine rings is 1. The van der Waals surface area contributed by atoms with Crippen molar-refractivity contribution in [3.05, 3.63) is 94.2 Å². The number of aryl methyl sites for hydroxylation is 1. The number of fused-ring (bicyclic) bond motifs is 1. The van der Waals surface area contributed by atoms with E-state index in [4.69, 9.17) is 0 Å². The van der Waals surface area contributed by atoms with E-state index in [9.17, 15) is 14.0 Å². The molecule has 4 rings (SSSR count). The van der Waals surface area contributed by atoms with Gasteiger partial charge in [0, 0.05) is 19.8 Å². The van der Waals surface area contributed by atoms with Gasteiger partial charge >= 0.3 is 0 Å². The molecule has 32 heavy (non-hydrogen) atoms. The number of benzene rings is 2. The summed E-state index contributed by atoms with van der Waals surface area (Å²) in [5.41, 5.74) is 2.12. The van der Waals surface area contributed by atoms with Crippen LogP contribution in [0, 0.1) is 12.7 Å². The number of halogens is 1. The number of amides is 1. The Labute approximate surface area is 188 Å². The number of hydrogen-bond acceptors (Lipinski definition) is 5. The van der Waals surface area contributed by atoms with E-state index in [1.165, 1.54) is 28.5 Å². The topological polar surface area (TPSA) is 68.1 Å². The van der Waals surface area contributed by atoms with Crippen molar-refractivity contribution in [1.29, 1.82) is 0 Å². The first-order chi connectivity index (χ1) is 15.4. The van der Waals surface area contributed by atoms with Gasteiger partial charge in [0.1, 0.15) is 11.6 Å². The molecule has 2 aromatic carbocycles. The fourth-order valence-corrected chi connectivity index (χ4v) is 4.18. The number of carbonyl (C=O) groups excluding carboxylic acids is 1. The Morgan fingerprint density at radius 3 is 2.62 bits per heavy atom. The number of carbonyl (C=O) groups is 1. The van der Waals surface area contributed by atoms with Crippen molar-refractivity contribution in [3.8, 4) is 5.82 Å². The van der Waals surface area contributed by atoms with E-state index < -0.39 is 0 Å². The summed E-state index contributed by atoms with van der Waals surface area (Å²) < 4.78 is 14.6. The van der Waals surface area contributed by atoms with Crippen molar-refractivity contribution < 1.29 is 9.18 Å². The van der Waals surface area contributed by atoms with Gasteiger partial charge in [0.2, 0.25) is 5.91 Å². The lowest BCUT2D eigenvalue weighted by molar-refractivity contribution is -0.127. The molecular weight excluding hydrogens is 427 g/mol. The third-order valence-electron chi connectivity index (χ3n) is 4.96. The van der Waals surface area contributed by atoms with Crippen LogP contribution in [-0.4, -0.2) is 38.1 Å². The Morgan fingerprint density at radius 1 is 1.12 bits per heavy atom. The Hall–Kier alpha value is -3.52. The number of para-hydroxylation sites is 1. The Balaban J connectivity index is 1.62. The first kappa shape index (κ1) is 21.7. The van der Waals surface area contributed by atoms with Crippen molar-refractivity contribution in [3.63, 3.8) is 0 Å². The van der Waals surface area contributed by atoms with Crippen LogP contribution in [0.15, 0.2) is 76.8 Å². The maximum atomic E-state index is 13.3. The van der Waals surface area contributed by atoms with Gasteiger partial charge in [-0.2, -0.15) is 0 Å². The van der Waals surface area contributed by atoms with Gasteiger partial charge in [0.25, 0.3) is 5.56 Å². The van der Waals surface area contributed by atoms with Gasteiger partial charge in [-0.1, -0.05) is 36.0 Å². The van der Waals surface area contributed by atoms with Crippen LogP contribution in [0.1, 0.15) is 11.1 Å². The summed E-state index contributed by atoms with van der Waals surface area (Å²) in [6.07, 6.45) is 1.64. The molecule has 2 aromatic heterocycles. The van der Waals surface area contributed by atoms with Crippen molar-refractivity contribution >= 4 is 28.6 Å². The molecule has 0 aliphatic carbocycles. The number of hydrogen-bond donors (Lipinski definition) is 0. The predicted molar refractivity (Wildman–Crippen MR) is 123 cm³/mol. The minimum absolute atomic E-state index is 0.0916. The van der Waals surface area contributed by atoms with Crippen LogP contribution >= 0.6 is 11.8 Å². The van der Waals surface area contributed by atoms with Crippen LogP contribution in [0.2, 0.25) is 0 Å². The summed E-state index contributed by atoms with van der Waals surface area (Å²) >= 11 is 1.19. The zero-order chi connectivity index (χ0) is 22.7. The highest BCUT2D eigenvalue weighted by Crippen LogP contribution is 2.21. The molecule has 1 amide bonds. The summed E-state index contributed by atoms with van der Waals surface area (Å²) in [4.78, 5) is 36.5. The summed E-state index contributed by atoms with van der Waals surface area (Å²) in [5.74, 6) is 0.102. The minimum Gasteiger partial charge on any atom is -0.341 e. The highest BCUT2D eigenvalue weighted by Gasteiger charge is 2.17. The largest absolute Gasteiger partial charge is 0.341 e. The van der Waals surface area contributed by atoms with Crippen LogP contribution in [0.5, 0.6) is 0 Å². The van der Waals surface area contributed by atoms with Gasteiger partial charge in [-0.3, -0.25) is 9.59 Å². The molecule has 8 heteroatoms. The highest BCUT2D eigenvalue weighted by molar-refractivity contribution is 7.99. The zero-order valence-electron chi connectivity index (χ0n) is 17.7. The summed E-state index contributed by atoms with van der Waals surface area (Å²) in [5, 5.41) is 0.884. The molecule has 0 spiro atoms. The molecule has 0 bridgehead atoms. The molecular formula is C24H21FN4O2S. The van der Waals surface area contributed by atoms with Gasteiger partial charge in [-0.05, 0) is 54.4 Å². The molecule has 0 atom stereocenters. The fourth-order valence-electron chi connectivity index (χ4n) is 3.24. The van der Waals surface area contributed by atoms with Gasteiger partial charge in [-0.25, -0.2) is 18.9 Å². The van der Waals surface area contributed by atoms with E-state index in [1.54, 1.807) is 48.5 Å². The van der Waals surface area contributed by atoms with Crippen LogP contribution < -0.4 is 5.56 Å². The van der Waals surface area contributed by atoms with E-state index >= 15 is 0 Å². The third kappa shape index (κ3) is 4.70. The third-order valence-corrected chi connectivity index (χ3v) is 5.88. The van der Waals surface area contributed by atoms with Crippen molar-refractivity contribution in [2.45, 2.75) is 18.6 Å². The Kier molecular flexibility index (Phi) is 6.32. The Bertz CT molecular complexity index is 1340. The standard InChI is InChI=1S/C24H21FN4O2S/c1-16-11-12-26-21(13-16)29-23(31)19-5-3-4-6-20(19)27-24(29)32-15-22(30)28(2)14-17-7-9-18(25)10-8-17/h3-13H,14-15H2,1-2H3. The van der Waals surface area contributed by atoms with Crippen molar-refractivity contribution in [2.75, 3.05) is 12.8 Å². The second-order valence-corrected chi connectivity index (χ2v) is 8.35. The van der Waals surface area contributed by atoms with Crippen molar-refractivity contribution in [2.24, 2.45) is 0 Å². The Morgan fingerprint density at radius 2 is 1.88 bits per heavy atom. The molecule has 4 aromatic rings. The van der Waals surface area contributed by atoms with E-state index in [0.717, 1.165) is 11.1 Å². The van der Waals surface area contributed by atoms with Crippen LogP contribution in [-0.2, 0) is 11.3 Å². The molecule has 0 radical (unpaired) electrons. The first-order valence-corrected chi connectivity index (χ1v) is 11.0. The molecule has 2 heterocycles. The maximum absolute atomic E-state index is 13.3. The summed E-state index contributed by atoms with van der Waals surface area (Å²) in [7, 11) is 1.69. The molecule has 0 N–H and O–H groups in total. The maximum Gasteiger partial charge on any atom is 0.267 e. The van der Waals surface area contributed by atoms with Gasteiger partial charge < -0.3 is 4.90 Å². The first-order valence-electron chi connectivity index (χ1n) is 9.98. The number of aromatic nitrogens is 3. The van der Waals surface area contributed by atoms with Crippen LogP contribution in [0.4, 0.5) is 4.39 Å². The lowest BCUT2D eigenvalue weighted by Gasteiger charge is -2.18. The van der Waals surface area contributed by atoms with Gasteiger partial charge in [0.15, 0.2) is 5.16 Å². The molecule has 0 aliphatic heterocycles. The second-order valence-electron chi connectivity index (χ2n) is 7.41. The van der Waals surface area contributed by atoms with Crippen LogP contribution in [0.3, 0.4) is 0 Å². The fraction of sp³-hybridized carbons (Fsp3) is 0.167. The van der Waals surface area contributed by atoms with Gasteiger partial charge in [0.05, 0.1) is 16.7 Å². The molecule has 0 saturated carbocycles. The van der Waals surface area contributed by atoms with E-state index in [-0.39, 0.29) is 23.0 Å². The highest BCUT2D eigenvalue weighted by atomic mass is 32.2. The minimum atomic E-state index is -0.316. The number of nitrogens with zero attached hydrogens (tertiary/aromatic N) is 4. The lowest BCUT2D eigenvalue weighted by atomic mass is 10.2. The summed E-state index contributed by atoms with van der Waals surface area (Å²) in [6.45, 7) is 2.28. The zero-order valence-corrected chi connectivity index (χ0v) is 18.5. The van der Waals surface area contributed by atoms with E-state index in [1.807, 2.05) is 25.1 Å². The normalized spacial score (nSPS) is 11.0.